The summed E-state index contributed by atoms with van der Waals surface area (Å²) in [7, 11) is 0. The third-order valence-corrected chi connectivity index (χ3v) is 3.72. The van der Waals surface area contributed by atoms with Crippen LogP contribution in [0.15, 0.2) is 42.7 Å². The first kappa shape index (κ1) is 18.5. The zero-order valence-corrected chi connectivity index (χ0v) is 13.7. The molecule has 0 unspecified atom stereocenters. The molecule has 140 valence electrons. The number of hydrogen-bond acceptors (Lipinski definition) is 3. The number of anilines is 1. The van der Waals surface area contributed by atoms with Gasteiger partial charge in [0, 0.05) is 18.0 Å². The van der Waals surface area contributed by atoms with Crippen molar-refractivity contribution >= 4 is 11.6 Å². The third-order valence-electron chi connectivity index (χ3n) is 3.72. The Bertz CT molecular complexity index is 996. The molecule has 1 amide bonds. The van der Waals surface area contributed by atoms with Gasteiger partial charge in [-0.2, -0.15) is 18.3 Å². The van der Waals surface area contributed by atoms with Crippen molar-refractivity contribution in [2.75, 3.05) is 5.32 Å². The van der Waals surface area contributed by atoms with Gasteiger partial charge in [0.15, 0.2) is 17.5 Å². The predicted octanol–water partition coefficient (Wildman–Crippen LogP) is 4.13. The Morgan fingerprint density at radius 1 is 1.07 bits per heavy atom. The second kappa shape index (κ2) is 6.78. The van der Waals surface area contributed by atoms with Crippen LogP contribution in [0.3, 0.4) is 0 Å². The highest BCUT2D eigenvalue weighted by Gasteiger charge is 2.30. The highest BCUT2D eigenvalue weighted by Crippen LogP contribution is 2.29. The molecule has 2 heterocycles. The molecule has 2 aromatic heterocycles. The first-order chi connectivity index (χ1) is 12.7. The lowest BCUT2D eigenvalue weighted by molar-refractivity contribution is -0.137. The van der Waals surface area contributed by atoms with Gasteiger partial charge in [-0.15, -0.1) is 0 Å². The molecule has 1 aromatic carbocycles. The van der Waals surface area contributed by atoms with Crippen molar-refractivity contribution in [3.8, 4) is 5.82 Å². The maximum absolute atomic E-state index is 13.2. The molecule has 0 atom stereocenters. The van der Waals surface area contributed by atoms with Crippen LogP contribution < -0.4 is 5.32 Å². The monoisotopic (exact) mass is 382 g/mol. The van der Waals surface area contributed by atoms with E-state index in [0.717, 1.165) is 24.3 Å². The quantitative estimate of drug-likeness (QED) is 0.693. The Balaban J connectivity index is 1.84. The molecule has 1 N–H and O–H groups in total. The van der Waals surface area contributed by atoms with E-state index in [1.54, 1.807) is 0 Å². The molecule has 27 heavy (non-hydrogen) atoms. The first-order valence-corrected chi connectivity index (χ1v) is 7.51. The highest BCUT2D eigenvalue weighted by atomic mass is 19.4. The molecule has 0 saturated carbocycles. The Labute approximate surface area is 149 Å². The molecule has 0 fully saturated rings. The molecular formula is C17H11F5N4O. The van der Waals surface area contributed by atoms with Crippen molar-refractivity contribution in [2.24, 2.45) is 0 Å². The van der Waals surface area contributed by atoms with Crippen molar-refractivity contribution in [1.29, 1.82) is 0 Å². The zero-order valence-electron chi connectivity index (χ0n) is 13.7. The maximum Gasteiger partial charge on any atom is 0.417 e. The maximum atomic E-state index is 13.2. The number of aromatic nitrogens is 3. The molecule has 0 aliphatic heterocycles. The fourth-order valence-corrected chi connectivity index (χ4v) is 2.31. The number of halogens is 5. The Morgan fingerprint density at radius 3 is 2.41 bits per heavy atom. The molecule has 0 aliphatic carbocycles. The molecule has 10 heteroatoms. The van der Waals surface area contributed by atoms with Crippen LogP contribution in [-0.4, -0.2) is 20.7 Å². The second-order valence-corrected chi connectivity index (χ2v) is 5.54. The van der Waals surface area contributed by atoms with Gasteiger partial charge in [0.05, 0.1) is 23.0 Å². The van der Waals surface area contributed by atoms with Crippen LogP contribution in [0.2, 0.25) is 0 Å². The number of rotatable bonds is 3. The third kappa shape index (κ3) is 3.78. The summed E-state index contributed by atoms with van der Waals surface area (Å²) in [5.41, 5.74) is -0.463. The van der Waals surface area contributed by atoms with E-state index in [4.69, 9.17) is 0 Å². The lowest BCUT2D eigenvalue weighted by atomic mass is 10.2. The summed E-state index contributed by atoms with van der Waals surface area (Å²) in [6.45, 7) is 1.52. The van der Waals surface area contributed by atoms with Gasteiger partial charge in [0.1, 0.15) is 0 Å². The molecule has 3 aromatic rings. The van der Waals surface area contributed by atoms with E-state index in [9.17, 15) is 26.7 Å². The highest BCUT2D eigenvalue weighted by molar-refractivity contribution is 6.04. The van der Waals surface area contributed by atoms with Crippen molar-refractivity contribution in [3.63, 3.8) is 0 Å². The van der Waals surface area contributed by atoms with Crippen molar-refractivity contribution in [1.82, 2.24) is 14.8 Å². The fourth-order valence-electron chi connectivity index (χ4n) is 2.31. The average Bonchev–Trinajstić information content (AvgIpc) is 2.99. The van der Waals surface area contributed by atoms with E-state index in [0.29, 0.717) is 11.9 Å². The van der Waals surface area contributed by atoms with E-state index < -0.39 is 29.3 Å². The normalized spacial score (nSPS) is 11.5. The number of carbonyl (C=O) groups is 1. The summed E-state index contributed by atoms with van der Waals surface area (Å²) in [5.74, 6) is -2.72. The first-order valence-electron chi connectivity index (χ1n) is 7.51. The minimum Gasteiger partial charge on any atom is -0.322 e. The zero-order chi connectivity index (χ0) is 19.8. The van der Waals surface area contributed by atoms with Gasteiger partial charge in [0.2, 0.25) is 0 Å². The van der Waals surface area contributed by atoms with Crippen LogP contribution in [0, 0.1) is 18.6 Å². The molecular weight excluding hydrogens is 371 g/mol. The Hall–Kier alpha value is -3.30. The number of alkyl halides is 3. The molecule has 3 rings (SSSR count). The van der Waals surface area contributed by atoms with Gasteiger partial charge in [-0.05, 0) is 31.2 Å². The van der Waals surface area contributed by atoms with Gasteiger partial charge in [0.25, 0.3) is 5.91 Å². The van der Waals surface area contributed by atoms with Crippen LogP contribution >= 0.6 is 0 Å². The van der Waals surface area contributed by atoms with Crippen LogP contribution in [0.25, 0.3) is 5.82 Å². The lowest BCUT2D eigenvalue weighted by Crippen LogP contribution is -2.13. The number of amides is 1. The Morgan fingerprint density at radius 2 is 1.81 bits per heavy atom. The van der Waals surface area contributed by atoms with Crippen LogP contribution in [0.1, 0.15) is 21.6 Å². The van der Waals surface area contributed by atoms with E-state index in [2.05, 4.69) is 15.4 Å². The average molecular weight is 382 g/mol. The number of pyridine rings is 1. The van der Waals surface area contributed by atoms with Crippen LogP contribution in [0.5, 0.6) is 0 Å². The summed E-state index contributed by atoms with van der Waals surface area (Å²) in [6, 6.07) is 4.86. The number of carbonyl (C=O) groups excluding carboxylic acids is 1. The van der Waals surface area contributed by atoms with Crippen LogP contribution in [-0.2, 0) is 6.18 Å². The smallest absolute Gasteiger partial charge is 0.322 e. The van der Waals surface area contributed by atoms with Gasteiger partial charge in [-0.1, -0.05) is 0 Å². The molecule has 0 radical (unpaired) electrons. The summed E-state index contributed by atoms with van der Waals surface area (Å²) in [5, 5.41) is 6.34. The standard InChI is InChI=1S/C17H11F5N4O/c1-9-12(16(27)25-11-3-4-13(18)14(19)6-11)8-24-26(9)15-5-2-10(7-23-15)17(20,21)22/h2-8H,1H3,(H,25,27). The summed E-state index contributed by atoms with van der Waals surface area (Å²) < 4.78 is 65.2. The lowest BCUT2D eigenvalue weighted by Gasteiger charge is -2.08. The second-order valence-electron chi connectivity index (χ2n) is 5.54. The van der Waals surface area contributed by atoms with Gasteiger partial charge in [-0.3, -0.25) is 4.79 Å². The van der Waals surface area contributed by atoms with Crippen molar-refractivity contribution in [3.05, 3.63) is 71.2 Å². The van der Waals surface area contributed by atoms with Gasteiger partial charge < -0.3 is 5.32 Å². The predicted molar refractivity (Wildman–Crippen MR) is 85.4 cm³/mol. The topological polar surface area (TPSA) is 59.8 Å². The van der Waals surface area contributed by atoms with E-state index >= 15 is 0 Å². The molecule has 5 nitrogen and oxygen atoms in total. The van der Waals surface area contributed by atoms with E-state index in [1.165, 1.54) is 23.9 Å². The number of nitrogens with one attached hydrogen (secondary N) is 1. The molecule has 0 spiro atoms. The fraction of sp³-hybridized carbons (Fsp3) is 0.118. The Kier molecular flexibility index (Phi) is 4.64. The van der Waals surface area contributed by atoms with E-state index in [1.807, 2.05) is 0 Å². The van der Waals surface area contributed by atoms with Crippen molar-refractivity contribution in [2.45, 2.75) is 13.1 Å². The molecule has 0 aliphatic rings. The summed E-state index contributed by atoms with van der Waals surface area (Å²) in [4.78, 5) is 16.0. The summed E-state index contributed by atoms with van der Waals surface area (Å²) >= 11 is 0. The van der Waals surface area contributed by atoms with Crippen molar-refractivity contribution < 1.29 is 26.7 Å². The largest absolute Gasteiger partial charge is 0.417 e. The van der Waals surface area contributed by atoms with Gasteiger partial charge in [-0.25, -0.2) is 18.4 Å². The minimum absolute atomic E-state index is 0.0405. The van der Waals surface area contributed by atoms with Gasteiger partial charge >= 0.3 is 6.18 Å². The number of benzene rings is 1. The number of hydrogen-bond donors (Lipinski definition) is 1. The van der Waals surface area contributed by atoms with Crippen LogP contribution in [0.4, 0.5) is 27.6 Å². The molecule has 0 saturated heterocycles. The van der Waals surface area contributed by atoms with E-state index in [-0.39, 0.29) is 17.1 Å². The summed E-state index contributed by atoms with van der Waals surface area (Å²) in [6.07, 6.45) is -2.65. The SMILES string of the molecule is Cc1c(C(=O)Nc2ccc(F)c(F)c2)cnn1-c1ccc(C(F)(F)F)cn1. The minimum atomic E-state index is -4.51. The molecule has 0 bridgehead atoms. The number of nitrogens with zero attached hydrogens (tertiary/aromatic N) is 3.